The number of aryl methyl sites for hydroxylation is 2. The van der Waals surface area contributed by atoms with Gasteiger partial charge in [-0.1, -0.05) is 6.07 Å². The van der Waals surface area contributed by atoms with E-state index in [4.69, 9.17) is 0 Å². The number of benzene rings is 2. The Kier molecular flexibility index (Phi) is 4.08. The molecule has 2 N–H and O–H groups in total. The van der Waals surface area contributed by atoms with Crippen LogP contribution in [0.3, 0.4) is 0 Å². The fourth-order valence-electron chi connectivity index (χ4n) is 2.25. The molecule has 0 aromatic heterocycles. The van der Waals surface area contributed by atoms with Gasteiger partial charge in [0, 0.05) is 10.6 Å². The lowest BCUT2D eigenvalue weighted by molar-refractivity contribution is -0.113. The summed E-state index contributed by atoms with van der Waals surface area (Å²) < 4.78 is 27.6. The minimum atomic E-state index is -3.70. The highest BCUT2D eigenvalue weighted by Crippen LogP contribution is 2.33. The molecule has 0 saturated carbocycles. The summed E-state index contributed by atoms with van der Waals surface area (Å²) in [5.74, 6) is 0.221. The van der Waals surface area contributed by atoms with Gasteiger partial charge in [-0.3, -0.25) is 9.52 Å². The van der Waals surface area contributed by atoms with Crippen LogP contribution in [0.1, 0.15) is 11.1 Å². The molecule has 7 heteroatoms. The maximum atomic E-state index is 12.5. The Morgan fingerprint density at radius 3 is 2.61 bits per heavy atom. The van der Waals surface area contributed by atoms with Crippen LogP contribution in [0.15, 0.2) is 46.2 Å². The topological polar surface area (TPSA) is 75.3 Å². The number of nitrogens with one attached hydrogen (secondary N) is 2. The largest absolute Gasteiger partial charge is 0.324 e. The van der Waals surface area contributed by atoms with Crippen molar-refractivity contribution < 1.29 is 13.2 Å². The first-order valence-corrected chi connectivity index (χ1v) is 9.49. The van der Waals surface area contributed by atoms with Gasteiger partial charge >= 0.3 is 0 Å². The van der Waals surface area contributed by atoms with Crippen molar-refractivity contribution in [1.29, 1.82) is 0 Å². The van der Waals surface area contributed by atoms with Gasteiger partial charge in [0.25, 0.3) is 10.0 Å². The van der Waals surface area contributed by atoms with E-state index in [1.807, 2.05) is 19.9 Å². The van der Waals surface area contributed by atoms with Crippen LogP contribution < -0.4 is 10.0 Å². The molecule has 1 heterocycles. The van der Waals surface area contributed by atoms with Crippen LogP contribution in [0, 0.1) is 13.8 Å². The minimum absolute atomic E-state index is 0.122. The molecule has 120 valence electrons. The van der Waals surface area contributed by atoms with Gasteiger partial charge in [-0.2, -0.15) is 0 Å². The first kappa shape index (κ1) is 15.9. The number of anilines is 2. The van der Waals surface area contributed by atoms with E-state index < -0.39 is 10.0 Å². The molecule has 0 aliphatic carbocycles. The standard InChI is InChI=1S/C16H16N2O3S2/c1-10-3-4-12(7-11(10)2)18-23(20,21)13-5-6-15-14(8-13)17-16(19)9-22-15/h3-8,18H,9H2,1-2H3,(H,17,19). The summed E-state index contributed by atoms with van der Waals surface area (Å²) >= 11 is 1.40. The third kappa shape index (κ3) is 3.35. The van der Waals surface area contributed by atoms with Crippen molar-refractivity contribution in [3.05, 3.63) is 47.5 Å². The fraction of sp³-hybridized carbons (Fsp3) is 0.188. The fourth-order valence-corrected chi connectivity index (χ4v) is 4.11. The first-order chi connectivity index (χ1) is 10.8. The van der Waals surface area contributed by atoms with Crippen molar-refractivity contribution in [2.24, 2.45) is 0 Å². The zero-order valence-corrected chi connectivity index (χ0v) is 14.3. The number of hydrogen-bond acceptors (Lipinski definition) is 4. The summed E-state index contributed by atoms with van der Waals surface area (Å²) in [6.45, 7) is 3.90. The average Bonchev–Trinajstić information content (AvgIpc) is 2.50. The molecule has 0 bridgehead atoms. The van der Waals surface area contributed by atoms with E-state index in [9.17, 15) is 13.2 Å². The molecule has 1 aliphatic rings. The number of hydrogen-bond donors (Lipinski definition) is 2. The molecule has 1 aliphatic heterocycles. The van der Waals surface area contributed by atoms with Gasteiger partial charge in [0.1, 0.15) is 0 Å². The molecular formula is C16H16N2O3S2. The summed E-state index contributed by atoms with van der Waals surface area (Å²) in [5.41, 5.74) is 3.17. The van der Waals surface area contributed by atoms with Gasteiger partial charge in [-0.15, -0.1) is 11.8 Å². The van der Waals surface area contributed by atoms with Crippen molar-refractivity contribution in [2.45, 2.75) is 23.6 Å². The minimum Gasteiger partial charge on any atom is -0.324 e. The van der Waals surface area contributed by atoms with E-state index in [0.29, 0.717) is 17.1 Å². The molecule has 0 fully saturated rings. The van der Waals surface area contributed by atoms with E-state index in [1.54, 1.807) is 24.3 Å². The maximum absolute atomic E-state index is 12.5. The van der Waals surface area contributed by atoms with Gasteiger partial charge in [0.2, 0.25) is 5.91 Å². The Bertz CT molecular complexity index is 892. The van der Waals surface area contributed by atoms with Crippen LogP contribution in [0.4, 0.5) is 11.4 Å². The predicted octanol–water partition coefficient (Wildman–Crippen LogP) is 3.15. The van der Waals surface area contributed by atoms with Crippen LogP contribution in [-0.4, -0.2) is 20.1 Å². The maximum Gasteiger partial charge on any atom is 0.261 e. The number of thioether (sulfide) groups is 1. The predicted molar refractivity (Wildman–Crippen MR) is 92.5 cm³/mol. The van der Waals surface area contributed by atoms with Crippen LogP contribution in [0.25, 0.3) is 0 Å². The van der Waals surface area contributed by atoms with Gasteiger partial charge < -0.3 is 5.32 Å². The van der Waals surface area contributed by atoms with Gasteiger partial charge in [-0.05, 0) is 55.3 Å². The highest BCUT2D eigenvalue weighted by atomic mass is 32.2. The molecule has 0 spiro atoms. The molecular weight excluding hydrogens is 332 g/mol. The summed E-state index contributed by atoms with van der Waals surface area (Å²) in [6.07, 6.45) is 0. The second-order valence-electron chi connectivity index (χ2n) is 5.40. The van der Waals surface area contributed by atoms with Gasteiger partial charge in [-0.25, -0.2) is 8.42 Å². The summed E-state index contributed by atoms with van der Waals surface area (Å²) in [5, 5.41) is 2.70. The molecule has 23 heavy (non-hydrogen) atoms. The van der Waals surface area contributed by atoms with Gasteiger partial charge in [0.05, 0.1) is 16.3 Å². The normalized spacial score (nSPS) is 14.1. The van der Waals surface area contributed by atoms with Crippen LogP contribution in [0.5, 0.6) is 0 Å². The number of carbonyl (C=O) groups excluding carboxylic acids is 1. The lowest BCUT2D eigenvalue weighted by Crippen LogP contribution is -2.20. The molecule has 3 rings (SSSR count). The second-order valence-corrected chi connectivity index (χ2v) is 8.10. The number of amides is 1. The second kappa shape index (κ2) is 5.90. The van der Waals surface area contributed by atoms with Crippen LogP contribution >= 0.6 is 11.8 Å². The molecule has 2 aromatic rings. The molecule has 0 radical (unpaired) electrons. The quantitative estimate of drug-likeness (QED) is 0.893. The van der Waals surface area contributed by atoms with Crippen molar-refractivity contribution >= 4 is 39.1 Å². The third-order valence-corrected chi connectivity index (χ3v) is 6.11. The Labute approximate surface area is 139 Å². The van der Waals surface area contributed by atoms with E-state index in [-0.39, 0.29) is 10.8 Å². The van der Waals surface area contributed by atoms with E-state index in [0.717, 1.165) is 16.0 Å². The number of rotatable bonds is 3. The van der Waals surface area contributed by atoms with Gasteiger partial charge in [0.15, 0.2) is 0 Å². The van der Waals surface area contributed by atoms with E-state index >= 15 is 0 Å². The molecule has 0 saturated heterocycles. The highest BCUT2D eigenvalue weighted by Gasteiger charge is 2.20. The molecule has 1 amide bonds. The lowest BCUT2D eigenvalue weighted by Gasteiger charge is -2.17. The molecule has 0 unspecified atom stereocenters. The molecule has 5 nitrogen and oxygen atoms in total. The first-order valence-electron chi connectivity index (χ1n) is 7.02. The van der Waals surface area contributed by atoms with Crippen molar-refractivity contribution in [1.82, 2.24) is 0 Å². The zero-order valence-electron chi connectivity index (χ0n) is 12.7. The Balaban J connectivity index is 1.92. The highest BCUT2D eigenvalue weighted by molar-refractivity contribution is 8.00. The van der Waals surface area contributed by atoms with Crippen molar-refractivity contribution in [3.8, 4) is 0 Å². The summed E-state index contributed by atoms with van der Waals surface area (Å²) in [6, 6.07) is 10.2. The average molecular weight is 348 g/mol. The molecule has 0 atom stereocenters. The zero-order chi connectivity index (χ0) is 16.6. The number of carbonyl (C=O) groups is 1. The SMILES string of the molecule is Cc1ccc(NS(=O)(=O)c2ccc3c(c2)NC(=O)CS3)cc1C. The Morgan fingerprint density at radius 2 is 1.87 bits per heavy atom. The Morgan fingerprint density at radius 1 is 1.09 bits per heavy atom. The lowest BCUT2D eigenvalue weighted by atomic mass is 10.1. The monoisotopic (exact) mass is 348 g/mol. The summed E-state index contributed by atoms with van der Waals surface area (Å²) in [7, 11) is -3.70. The molecule has 2 aromatic carbocycles. The van der Waals surface area contributed by atoms with E-state index in [1.165, 1.54) is 17.8 Å². The van der Waals surface area contributed by atoms with Crippen LogP contribution in [-0.2, 0) is 14.8 Å². The van der Waals surface area contributed by atoms with Crippen molar-refractivity contribution in [2.75, 3.05) is 15.8 Å². The van der Waals surface area contributed by atoms with E-state index in [2.05, 4.69) is 10.0 Å². The summed E-state index contributed by atoms with van der Waals surface area (Å²) in [4.78, 5) is 12.4. The van der Waals surface area contributed by atoms with Crippen LogP contribution in [0.2, 0.25) is 0 Å². The number of sulfonamides is 1. The van der Waals surface area contributed by atoms with Crippen molar-refractivity contribution in [3.63, 3.8) is 0 Å². The Hall–Kier alpha value is -1.99. The number of fused-ring (bicyclic) bond motifs is 1. The third-order valence-electron chi connectivity index (χ3n) is 3.65. The smallest absolute Gasteiger partial charge is 0.261 e.